The largest absolute Gasteiger partial charge is 0.496 e. The molecule has 3 aromatic heterocycles. The summed E-state index contributed by atoms with van der Waals surface area (Å²) in [6.45, 7) is 9.33. The van der Waals surface area contributed by atoms with Gasteiger partial charge in [-0.2, -0.15) is 0 Å². The second kappa shape index (κ2) is 30.6. The van der Waals surface area contributed by atoms with Gasteiger partial charge < -0.3 is 53.8 Å². The van der Waals surface area contributed by atoms with E-state index in [0.717, 1.165) is 179 Å². The van der Waals surface area contributed by atoms with Crippen molar-refractivity contribution in [3.8, 4) is 17.2 Å². The van der Waals surface area contributed by atoms with E-state index in [0.29, 0.717) is 76.5 Å². The molecule has 9 aromatic rings. The number of rotatable bonds is 21. The van der Waals surface area contributed by atoms with E-state index in [9.17, 15) is 10.2 Å². The molecule has 0 amide bonds. The van der Waals surface area contributed by atoms with E-state index in [1.807, 2.05) is 48.3 Å². The summed E-state index contributed by atoms with van der Waals surface area (Å²) in [5.74, 6) is 10.2. The molecule has 6 aliphatic rings. The Morgan fingerprint density at radius 3 is 1.31 bits per heavy atom. The van der Waals surface area contributed by atoms with Crippen molar-refractivity contribution in [2.24, 2.45) is 0 Å². The maximum atomic E-state index is 15.8. The highest BCUT2D eigenvalue weighted by atomic mass is 19.1. The summed E-state index contributed by atoms with van der Waals surface area (Å²) in [6.07, 6.45) is 14.0. The van der Waals surface area contributed by atoms with Crippen LogP contribution in [0.4, 0.5) is 43.3 Å². The standard InChI is InChI=1S/C27H34N4O.2C26H31FN4O2/c1-4-16-30(2)23-10-7-9-22-25(23)27(29-26(28-22)20-12-13-20)31-17-14-19(15-18-31)21-8-5-6-11-24(21)32-3;1-30(13-14-32)19-15-21-24(22(27)16-19)28-25(18-7-8-18)29-26(21)31-11-9-17(10-12-31)20-5-3-4-6-23(20)33-2;1-30(15-16-32)21-10-9-20-23(24(21)27)26(29-25(28-20)18-7-8-18)31-13-11-17(12-14-31)19-5-3-4-6-22(19)33-2/h5-11,19-20H,4,12-18H2,1-3H3;3-6,15-18,32H,7-14H2,1-2H3;3-6,9-10,17-18,32H,7-8,11-16H2,1-2H3. The highest BCUT2D eigenvalue weighted by Crippen LogP contribution is 2.47. The molecular weight excluding hydrogens is 1230 g/mol. The second-order valence-corrected chi connectivity index (χ2v) is 27.5. The fraction of sp³-hybridized carbons (Fsp3) is 0.468. The molecule has 516 valence electrons. The molecule has 3 saturated carbocycles. The maximum Gasteiger partial charge on any atom is 0.159 e. The van der Waals surface area contributed by atoms with Gasteiger partial charge in [0.05, 0.1) is 62.0 Å². The van der Waals surface area contributed by atoms with Crippen molar-refractivity contribution in [1.82, 2.24) is 29.9 Å². The fourth-order valence-electron chi connectivity index (χ4n) is 14.8. The Kier molecular flexibility index (Phi) is 21.2. The van der Waals surface area contributed by atoms with Crippen LogP contribution >= 0.6 is 0 Å². The average molecular weight is 1330 g/mol. The van der Waals surface area contributed by atoms with Crippen LogP contribution in [0.15, 0.2) is 115 Å². The van der Waals surface area contributed by atoms with Crippen molar-refractivity contribution in [2.75, 3.05) is 144 Å². The lowest BCUT2D eigenvalue weighted by Crippen LogP contribution is -2.34. The summed E-state index contributed by atoms with van der Waals surface area (Å²) < 4.78 is 47.8. The van der Waals surface area contributed by atoms with Gasteiger partial charge >= 0.3 is 0 Å². The van der Waals surface area contributed by atoms with E-state index in [4.69, 9.17) is 39.1 Å². The lowest BCUT2D eigenvalue weighted by atomic mass is 9.88. The van der Waals surface area contributed by atoms with Crippen LogP contribution in [0.1, 0.15) is 160 Å². The molecular formula is C79H96F2N12O5. The smallest absolute Gasteiger partial charge is 0.159 e. The number of methoxy groups -OCH3 is 3. The third-order valence-electron chi connectivity index (χ3n) is 20.9. The molecule has 98 heavy (non-hydrogen) atoms. The molecule has 0 atom stereocenters. The van der Waals surface area contributed by atoms with Crippen LogP contribution in [-0.2, 0) is 0 Å². The van der Waals surface area contributed by atoms with Crippen LogP contribution in [0, 0.1) is 11.6 Å². The van der Waals surface area contributed by atoms with Crippen LogP contribution in [0.3, 0.4) is 0 Å². The number of aliphatic hydroxyl groups is 2. The van der Waals surface area contributed by atoms with E-state index in [1.165, 1.54) is 46.7 Å². The van der Waals surface area contributed by atoms with Gasteiger partial charge in [0.1, 0.15) is 57.7 Å². The summed E-state index contributed by atoms with van der Waals surface area (Å²) in [4.78, 5) is 42.4. The number of piperidine rings is 3. The van der Waals surface area contributed by atoms with Crippen molar-refractivity contribution in [1.29, 1.82) is 0 Å². The number of aromatic nitrogens is 6. The highest BCUT2D eigenvalue weighted by Gasteiger charge is 2.35. The van der Waals surface area contributed by atoms with Crippen LogP contribution in [-0.4, -0.2) is 155 Å². The molecule has 2 N–H and O–H groups in total. The molecule has 0 radical (unpaired) electrons. The van der Waals surface area contributed by atoms with E-state index >= 15 is 8.78 Å². The number of nitrogens with zero attached hydrogens (tertiary/aromatic N) is 12. The van der Waals surface area contributed by atoms with Crippen molar-refractivity contribution >= 4 is 67.2 Å². The fourth-order valence-corrected chi connectivity index (χ4v) is 14.8. The summed E-state index contributed by atoms with van der Waals surface area (Å²) in [6, 6.07) is 38.6. The van der Waals surface area contributed by atoms with E-state index in [-0.39, 0.29) is 24.8 Å². The van der Waals surface area contributed by atoms with E-state index < -0.39 is 0 Å². The Balaban J connectivity index is 0.000000132. The zero-order chi connectivity index (χ0) is 68.0. The molecule has 0 spiro atoms. The molecule has 3 saturated heterocycles. The Morgan fingerprint density at radius 1 is 0.429 bits per heavy atom. The van der Waals surface area contributed by atoms with Crippen LogP contribution < -0.4 is 43.6 Å². The van der Waals surface area contributed by atoms with Gasteiger partial charge in [-0.25, -0.2) is 38.7 Å². The molecule has 6 heterocycles. The number of fused-ring (bicyclic) bond motifs is 3. The molecule has 6 fully saturated rings. The molecule has 0 bridgehead atoms. The number of hydrogen-bond donors (Lipinski definition) is 2. The molecule has 0 unspecified atom stereocenters. The lowest BCUT2D eigenvalue weighted by molar-refractivity contribution is 0.303. The monoisotopic (exact) mass is 1330 g/mol. The first-order valence-electron chi connectivity index (χ1n) is 35.7. The zero-order valence-corrected chi connectivity index (χ0v) is 58.1. The zero-order valence-electron chi connectivity index (χ0n) is 58.1. The van der Waals surface area contributed by atoms with Crippen molar-refractivity contribution in [2.45, 2.75) is 126 Å². The predicted molar refractivity (Wildman–Crippen MR) is 390 cm³/mol. The van der Waals surface area contributed by atoms with Gasteiger partial charge in [-0.1, -0.05) is 67.6 Å². The number of para-hydroxylation sites is 3. The number of anilines is 6. The molecule has 19 heteroatoms. The topological polar surface area (TPSA) is 165 Å². The Morgan fingerprint density at radius 2 is 0.847 bits per heavy atom. The Labute approximate surface area is 575 Å². The van der Waals surface area contributed by atoms with Crippen molar-refractivity contribution < 1.29 is 33.2 Å². The SMILES string of the molecule is CCCN(C)c1cccc2nc(C3CC3)nc(N3CCC(c4ccccc4OC)CC3)c12.COc1ccccc1C1CCN(c2nc(C3CC3)nc3c(F)cc(N(C)CCO)cc23)CC1.COc1ccccc1C1CCN(c2nc(C3CC3)nc3ccc(N(C)CCO)c(F)c23)CC1. The van der Waals surface area contributed by atoms with Gasteiger partial charge in [0.25, 0.3) is 0 Å². The number of hydrogen-bond acceptors (Lipinski definition) is 17. The summed E-state index contributed by atoms with van der Waals surface area (Å²) in [7, 11) is 11.0. The first-order chi connectivity index (χ1) is 47.9. The highest BCUT2D eigenvalue weighted by molar-refractivity contribution is 6.00. The van der Waals surface area contributed by atoms with Gasteiger partial charge in [-0.3, -0.25) is 0 Å². The van der Waals surface area contributed by atoms with Crippen molar-refractivity contribution in [3.05, 3.63) is 161 Å². The third-order valence-corrected chi connectivity index (χ3v) is 20.9. The van der Waals surface area contributed by atoms with Crippen molar-refractivity contribution in [3.63, 3.8) is 0 Å². The minimum Gasteiger partial charge on any atom is -0.496 e. The first kappa shape index (κ1) is 67.9. The number of likely N-dealkylation sites (N-methyl/N-ethyl adjacent to an activating group) is 2. The molecule has 15 rings (SSSR count). The molecule has 6 aromatic carbocycles. The summed E-state index contributed by atoms with van der Waals surface area (Å²) >= 11 is 0. The number of halogens is 2. The summed E-state index contributed by atoms with van der Waals surface area (Å²) in [5, 5.41) is 21.1. The van der Waals surface area contributed by atoms with Crippen LogP contribution in [0.2, 0.25) is 0 Å². The van der Waals surface area contributed by atoms with Gasteiger partial charge in [0, 0.05) is 115 Å². The summed E-state index contributed by atoms with van der Waals surface area (Å²) in [5.41, 5.74) is 8.41. The van der Waals surface area contributed by atoms with Crippen LogP contribution in [0.5, 0.6) is 17.2 Å². The third kappa shape index (κ3) is 14.8. The Bertz CT molecular complexity index is 4220. The minimum absolute atomic E-state index is 0.0105. The van der Waals surface area contributed by atoms with E-state index in [2.05, 4.69) is 105 Å². The van der Waals surface area contributed by atoms with Crippen LogP contribution in [0.25, 0.3) is 32.7 Å². The Hall–Kier alpha value is -8.68. The van der Waals surface area contributed by atoms with Gasteiger partial charge in [-0.05, 0) is 173 Å². The molecule has 3 aliphatic carbocycles. The van der Waals surface area contributed by atoms with E-state index in [1.54, 1.807) is 39.3 Å². The second-order valence-electron chi connectivity index (χ2n) is 27.5. The molecule has 3 aliphatic heterocycles. The normalized spacial score (nSPS) is 16.9. The molecule has 17 nitrogen and oxygen atoms in total. The van der Waals surface area contributed by atoms with Gasteiger partial charge in [0.2, 0.25) is 0 Å². The average Bonchev–Trinajstić information content (AvgIpc) is 1.35. The quantitative estimate of drug-likeness (QED) is 0.0697. The number of benzene rings is 6. The first-order valence-corrected chi connectivity index (χ1v) is 35.7. The maximum absolute atomic E-state index is 15.8. The lowest BCUT2D eigenvalue weighted by Gasteiger charge is -2.35. The minimum atomic E-state index is -0.332. The predicted octanol–water partition coefficient (Wildman–Crippen LogP) is 14.7. The van der Waals surface area contributed by atoms with Gasteiger partial charge in [-0.15, -0.1) is 0 Å². The number of ether oxygens (including phenoxy) is 3. The van der Waals surface area contributed by atoms with Gasteiger partial charge in [0.15, 0.2) is 11.6 Å². The number of aliphatic hydroxyl groups excluding tert-OH is 2.